The number of hydrogen-bond acceptors (Lipinski definition) is 6. The Morgan fingerprint density at radius 1 is 1.15 bits per heavy atom. The molecule has 2 aromatic carbocycles. The average Bonchev–Trinajstić information content (AvgIpc) is 3.09. The van der Waals surface area contributed by atoms with Crippen molar-refractivity contribution in [3.8, 4) is 5.75 Å². The average molecular weight is 368 g/mol. The van der Waals surface area contributed by atoms with Gasteiger partial charge in [0.05, 0.1) is 18.7 Å². The molecule has 1 amide bonds. The summed E-state index contributed by atoms with van der Waals surface area (Å²) in [7, 11) is 1.57. The highest BCUT2D eigenvalue weighted by molar-refractivity contribution is 5.81. The number of benzene rings is 2. The summed E-state index contributed by atoms with van der Waals surface area (Å²) in [5, 5.41) is 10.7. The number of rotatable bonds is 7. The van der Waals surface area contributed by atoms with Gasteiger partial charge in [-0.3, -0.25) is 9.59 Å². The number of methoxy groups -OCH3 is 1. The van der Waals surface area contributed by atoms with Crippen LogP contribution in [0.15, 0.2) is 48.5 Å². The van der Waals surface area contributed by atoms with E-state index >= 15 is 0 Å². The highest BCUT2D eigenvalue weighted by Crippen LogP contribution is 2.24. The van der Waals surface area contributed by atoms with E-state index in [9.17, 15) is 9.59 Å². The van der Waals surface area contributed by atoms with Gasteiger partial charge in [-0.15, -0.1) is 5.10 Å². The molecule has 0 saturated carbocycles. The van der Waals surface area contributed by atoms with Gasteiger partial charge in [-0.1, -0.05) is 35.5 Å². The first kappa shape index (κ1) is 18.4. The lowest BCUT2D eigenvalue weighted by Crippen LogP contribution is -2.31. The minimum atomic E-state index is -0.564. The fraction of sp³-hybridized carbons (Fsp3) is 0.263. The fourth-order valence-electron chi connectivity index (χ4n) is 2.73. The molecule has 1 aromatic heterocycles. The normalized spacial score (nSPS) is 11.8. The quantitative estimate of drug-likeness (QED) is 0.640. The molecule has 0 fully saturated rings. The molecule has 0 aliphatic rings. The summed E-state index contributed by atoms with van der Waals surface area (Å²) in [6, 6.07) is 14.4. The monoisotopic (exact) mass is 368 g/mol. The smallest absolute Gasteiger partial charge is 0.328 e. The first-order valence-electron chi connectivity index (χ1n) is 8.44. The summed E-state index contributed by atoms with van der Waals surface area (Å²) in [6.45, 7) is 1.35. The summed E-state index contributed by atoms with van der Waals surface area (Å²) < 4.78 is 11.8. The number of fused-ring (bicyclic) bond motifs is 1. The van der Waals surface area contributed by atoms with E-state index in [1.807, 2.05) is 49.4 Å². The molecule has 1 atom stereocenters. The summed E-state index contributed by atoms with van der Waals surface area (Å²) in [6.07, 6.45) is 0. The van der Waals surface area contributed by atoms with E-state index < -0.39 is 11.9 Å². The molecule has 0 spiro atoms. The summed E-state index contributed by atoms with van der Waals surface area (Å²) in [4.78, 5) is 24.1. The Kier molecular flexibility index (Phi) is 5.65. The number of para-hydroxylation sites is 2. The Bertz CT molecular complexity index is 954. The van der Waals surface area contributed by atoms with E-state index in [1.165, 1.54) is 4.68 Å². The number of carbonyl (C=O) groups is 2. The van der Waals surface area contributed by atoms with Crippen LogP contribution in [0.4, 0.5) is 0 Å². The van der Waals surface area contributed by atoms with Crippen molar-refractivity contribution in [3.63, 3.8) is 0 Å². The van der Waals surface area contributed by atoms with Crippen molar-refractivity contribution in [2.24, 2.45) is 0 Å². The van der Waals surface area contributed by atoms with Gasteiger partial charge in [0.25, 0.3) is 5.91 Å². The molecule has 3 aromatic rings. The van der Waals surface area contributed by atoms with Crippen LogP contribution in [-0.2, 0) is 20.9 Å². The van der Waals surface area contributed by atoms with Crippen LogP contribution >= 0.6 is 0 Å². The first-order valence-corrected chi connectivity index (χ1v) is 8.44. The predicted octanol–water partition coefficient (Wildman–Crippen LogP) is 1.86. The Balaban J connectivity index is 1.52. The van der Waals surface area contributed by atoms with E-state index in [4.69, 9.17) is 9.47 Å². The van der Waals surface area contributed by atoms with Crippen LogP contribution in [0, 0.1) is 0 Å². The molecule has 27 heavy (non-hydrogen) atoms. The van der Waals surface area contributed by atoms with Crippen LogP contribution < -0.4 is 10.1 Å². The van der Waals surface area contributed by atoms with E-state index in [1.54, 1.807) is 13.2 Å². The van der Waals surface area contributed by atoms with Gasteiger partial charge < -0.3 is 14.8 Å². The van der Waals surface area contributed by atoms with Crippen molar-refractivity contribution in [1.82, 2.24) is 20.3 Å². The number of esters is 1. The fourth-order valence-corrected chi connectivity index (χ4v) is 2.73. The van der Waals surface area contributed by atoms with Crippen molar-refractivity contribution in [3.05, 3.63) is 54.1 Å². The standard InChI is InChI=1S/C19H20N4O4/c1-13(14-7-3-6-10-17(14)26-2)20-18(24)12-27-19(25)11-23-16-9-5-4-8-15(16)21-22-23/h3-10,13H,11-12H2,1-2H3,(H,20,24). The van der Waals surface area contributed by atoms with Gasteiger partial charge in [-0.05, 0) is 25.1 Å². The molecule has 0 radical (unpaired) electrons. The second kappa shape index (κ2) is 8.31. The molecular formula is C19H20N4O4. The molecule has 8 nitrogen and oxygen atoms in total. The second-order valence-corrected chi connectivity index (χ2v) is 5.93. The summed E-state index contributed by atoms with van der Waals surface area (Å²) >= 11 is 0. The van der Waals surface area contributed by atoms with Crippen molar-refractivity contribution >= 4 is 22.9 Å². The highest BCUT2D eigenvalue weighted by Gasteiger charge is 2.16. The third kappa shape index (κ3) is 4.41. The van der Waals surface area contributed by atoms with Gasteiger partial charge in [0, 0.05) is 5.56 Å². The maximum absolute atomic E-state index is 12.1. The molecule has 3 rings (SSSR count). The number of ether oxygens (including phenoxy) is 2. The largest absolute Gasteiger partial charge is 0.496 e. The van der Waals surface area contributed by atoms with Gasteiger partial charge in [0.15, 0.2) is 6.61 Å². The zero-order valence-corrected chi connectivity index (χ0v) is 15.1. The van der Waals surface area contributed by atoms with Gasteiger partial charge in [0.2, 0.25) is 0 Å². The lowest BCUT2D eigenvalue weighted by Gasteiger charge is -2.17. The number of amides is 1. The second-order valence-electron chi connectivity index (χ2n) is 5.93. The molecule has 1 unspecified atom stereocenters. The SMILES string of the molecule is COc1ccccc1C(C)NC(=O)COC(=O)Cn1nnc2ccccc21. The third-order valence-electron chi connectivity index (χ3n) is 4.05. The van der Waals surface area contributed by atoms with Crippen LogP contribution in [0.25, 0.3) is 11.0 Å². The van der Waals surface area contributed by atoms with Crippen LogP contribution in [-0.4, -0.2) is 40.6 Å². The zero-order valence-electron chi connectivity index (χ0n) is 15.1. The lowest BCUT2D eigenvalue weighted by molar-refractivity contribution is -0.149. The van der Waals surface area contributed by atoms with Crippen molar-refractivity contribution in [2.75, 3.05) is 13.7 Å². The molecular weight excluding hydrogens is 348 g/mol. The lowest BCUT2D eigenvalue weighted by atomic mass is 10.1. The van der Waals surface area contributed by atoms with E-state index in [2.05, 4.69) is 15.6 Å². The van der Waals surface area contributed by atoms with E-state index in [0.29, 0.717) is 11.3 Å². The topological polar surface area (TPSA) is 95.3 Å². The molecule has 0 bridgehead atoms. The van der Waals surface area contributed by atoms with Gasteiger partial charge >= 0.3 is 5.97 Å². The Labute approximate surface area is 156 Å². The van der Waals surface area contributed by atoms with Crippen LogP contribution in [0.5, 0.6) is 5.75 Å². The van der Waals surface area contributed by atoms with Crippen molar-refractivity contribution < 1.29 is 19.1 Å². The summed E-state index contributed by atoms with van der Waals surface area (Å²) in [5.74, 6) is -0.281. The third-order valence-corrected chi connectivity index (χ3v) is 4.05. The number of nitrogens with one attached hydrogen (secondary N) is 1. The van der Waals surface area contributed by atoms with Crippen molar-refractivity contribution in [1.29, 1.82) is 0 Å². The maximum atomic E-state index is 12.1. The van der Waals surface area contributed by atoms with Gasteiger partial charge in [-0.25, -0.2) is 4.68 Å². The predicted molar refractivity (Wildman–Crippen MR) is 98.0 cm³/mol. The number of carbonyl (C=O) groups excluding carboxylic acids is 2. The maximum Gasteiger partial charge on any atom is 0.328 e. The number of aromatic nitrogens is 3. The Morgan fingerprint density at radius 2 is 1.89 bits per heavy atom. The number of hydrogen-bond donors (Lipinski definition) is 1. The van der Waals surface area contributed by atoms with Gasteiger partial charge in [0.1, 0.15) is 17.8 Å². The molecule has 8 heteroatoms. The number of nitrogens with zero attached hydrogens (tertiary/aromatic N) is 3. The van der Waals surface area contributed by atoms with Crippen LogP contribution in [0.3, 0.4) is 0 Å². The molecule has 0 aliphatic heterocycles. The van der Waals surface area contributed by atoms with Gasteiger partial charge in [-0.2, -0.15) is 0 Å². The molecule has 1 N–H and O–H groups in total. The van der Waals surface area contributed by atoms with Crippen LogP contribution in [0.2, 0.25) is 0 Å². The zero-order chi connectivity index (χ0) is 19.2. The summed E-state index contributed by atoms with van der Waals surface area (Å²) in [5.41, 5.74) is 2.26. The molecule has 0 aliphatic carbocycles. The van der Waals surface area contributed by atoms with Crippen LogP contribution in [0.1, 0.15) is 18.5 Å². The minimum Gasteiger partial charge on any atom is -0.496 e. The van der Waals surface area contributed by atoms with E-state index in [-0.39, 0.29) is 19.2 Å². The molecule has 140 valence electrons. The Morgan fingerprint density at radius 3 is 2.70 bits per heavy atom. The Hall–Kier alpha value is -3.42. The molecule has 1 heterocycles. The van der Waals surface area contributed by atoms with Crippen molar-refractivity contribution in [2.45, 2.75) is 19.5 Å². The highest BCUT2D eigenvalue weighted by atomic mass is 16.5. The first-order chi connectivity index (χ1) is 13.1. The minimum absolute atomic E-state index is 0.115. The van der Waals surface area contributed by atoms with E-state index in [0.717, 1.165) is 11.1 Å². The molecule has 0 saturated heterocycles.